The molecule has 0 saturated carbocycles. The van der Waals surface area contributed by atoms with Crippen molar-refractivity contribution in [2.45, 2.75) is 51.0 Å². The average molecular weight is 240 g/mol. The molecule has 2 N–H and O–H groups in total. The van der Waals surface area contributed by atoms with Crippen LogP contribution in [0.4, 0.5) is 0 Å². The Bertz CT molecular complexity index is 202. The van der Waals surface area contributed by atoms with Gasteiger partial charge in [0.15, 0.2) is 0 Å². The van der Waals surface area contributed by atoms with Gasteiger partial charge in [0.2, 0.25) is 0 Å². The predicted octanol–water partition coefficient (Wildman–Crippen LogP) is 2.01. The normalized spacial score (nSPS) is 30.9. The van der Waals surface area contributed by atoms with Crippen LogP contribution in [0, 0.1) is 5.92 Å². The highest BCUT2D eigenvalue weighted by Gasteiger charge is 2.20. The van der Waals surface area contributed by atoms with Crippen molar-refractivity contribution in [3.8, 4) is 0 Å². The molecule has 0 radical (unpaired) electrons. The van der Waals surface area contributed by atoms with E-state index in [1.807, 2.05) is 0 Å². The van der Waals surface area contributed by atoms with Gasteiger partial charge in [-0.3, -0.25) is 0 Å². The second-order valence-corrected chi connectivity index (χ2v) is 5.66. The topological polar surface area (TPSA) is 38.5 Å². The minimum absolute atomic E-state index is 0.569. The molecular formula is C14H28N2O. The van der Waals surface area contributed by atoms with E-state index in [-0.39, 0.29) is 0 Å². The van der Waals surface area contributed by atoms with Crippen LogP contribution in [0.2, 0.25) is 0 Å². The summed E-state index contributed by atoms with van der Waals surface area (Å²) < 4.78 is 5.67. The minimum Gasteiger partial charge on any atom is -0.378 e. The van der Waals surface area contributed by atoms with Crippen molar-refractivity contribution < 1.29 is 4.74 Å². The number of ether oxygens (including phenoxy) is 1. The number of hydrogen-bond donors (Lipinski definition) is 1. The summed E-state index contributed by atoms with van der Waals surface area (Å²) in [5.41, 5.74) is 5.65. The van der Waals surface area contributed by atoms with Gasteiger partial charge in [0.25, 0.3) is 0 Å². The van der Waals surface area contributed by atoms with Crippen molar-refractivity contribution >= 4 is 0 Å². The third kappa shape index (κ3) is 4.57. The first-order chi connectivity index (χ1) is 8.38. The molecule has 3 heteroatoms. The van der Waals surface area contributed by atoms with Gasteiger partial charge in [0, 0.05) is 13.2 Å². The molecule has 2 unspecified atom stereocenters. The summed E-state index contributed by atoms with van der Waals surface area (Å²) in [5.74, 6) is 0.858. The minimum atomic E-state index is 0.569. The molecule has 2 aliphatic heterocycles. The molecule has 2 fully saturated rings. The molecule has 3 nitrogen and oxygen atoms in total. The lowest BCUT2D eigenvalue weighted by Crippen LogP contribution is -2.37. The Morgan fingerprint density at radius 1 is 1.18 bits per heavy atom. The van der Waals surface area contributed by atoms with Crippen molar-refractivity contribution in [1.29, 1.82) is 0 Å². The Morgan fingerprint density at radius 3 is 2.88 bits per heavy atom. The van der Waals surface area contributed by atoms with Crippen LogP contribution in [0.5, 0.6) is 0 Å². The largest absolute Gasteiger partial charge is 0.378 e. The Balaban J connectivity index is 1.58. The zero-order valence-corrected chi connectivity index (χ0v) is 11.1. The summed E-state index contributed by atoms with van der Waals surface area (Å²) in [5, 5.41) is 0. The molecule has 2 atom stereocenters. The third-order valence-electron chi connectivity index (χ3n) is 4.20. The molecule has 0 aromatic carbocycles. The van der Waals surface area contributed by atoms with E-state index in [4.69, 9.17) is 10.5 Å². The molecule has 0 aliphatic carbocycles. The highest BCUT2D eigenvalue weighted by atomic mass is 16.5. The Morgan fingerprint density at radius 2 is 2.12 bits per heavy atom. The standard InChI is InChI=1S/C14H28N2O/c15-8-7-13-4-1-9-16(12-13)10-2-5-14-6-3-11-17-14/h13-14H,1-12,15H2. The molecule has 17 heavy (non-hydrogen) atoms. The van der Waals surface area contributed by atoms with Crippen LogP contribution in [-0.2, 0) is 4.74 Å². The predicted molar refractivity (Wildman–Crippen MR) is 71.0 cm³/mol. The highest BCUT2D eigenvalue weighted by molar-refractivity contribution is 4.74. The first-order valence-corrected chi connectivity index (χ1v) is 7.42. The monoisotopic (exact) mass is 240 g/mol. The summed E-state index contributed by atoms with van der Waals surface area (Å²) in [6.45, 7) is 5.69. The number of hydrogen-bond acceptors (Lipinski definition) is 3. The van der Waals surface area contributed by atoms with Crippen LogP contribution < -0.4 is 5.73 Å². The molecule has 2 heterocycles. The molecule has 0 bridgehead atoms. The fourth-order valence-corrected chi connectivity index (χ4v) is 3.24. The van der Waals surface area contributed by atoms with Gasteiger partial charge in [-0.2, -0.15) is 0 Å². The van der Waals surface area contributed by atoms with Gasteiger partial charge < -0.3 is 15.4 Å². The lowest BCUT2D eigenvalue weighted by atomic mass is 9.94. The van der Waals surface area contributed by atoms with Crippen LogP contribution in [-0.4, -0.2) is 43.8 Å². The van der Waals surface area contributed by atoms with E-state index in [1.54, 1.807) is 0 Å². The van der Waals surface area contributed by atoms with E-state index in [2.05, 4.69) is 4.90 Å². The maximum atomic E-state index is 5.67. The zero-order chi connectivity index (χ0) is 11.9. The van der Waals surface area contributed by atoms with E-state index in [0.29, 0.717) is 6.10 Å². The molecule has 0 aromatic heterocycles. The van der Waals surface area contributed by atoms with Crippen molar-refractivity contribution in [2.24, 2.45) is 11.7 Å². The SMILES string of the molecule is NCCC1CCCN(CCCC2CCCO2)C1. The van der Waals surface area contributed by atoms with E-state index in [1.165, 1.54) is 64.6 Å². The van der Waals surface area contributed by atoms with Crippen molar-refractivity contribution in [1.82, 2.24) is 4.90 Å². The van der Waals surface area contributed by atoms with Gasteiger partial charge in [-0.1, -0.05) is 0 Å². The van der Waals surface area contributed by atoms with Gasteiger partial charge in [-0.05, 0) is 70.5 Å². The quantitative estimate of drug-likeness (QED) is 0.772. The molecule has 0 spiro atoms. The fourth-order valence-electron chi connectivity index (χ4n) is 3.24. The van der Waals surface area contributed by atoms with E-state index in [0.717, 1.165) is 19.1 Å². The molecule has 100 valence electrons. The van der Waals surface area contributed by atoms with Crippen LogP contribution in [0.1, 0.15) is 44.9 Å². The van der Waals surface area contributed by atoms with Gasteiger partial charge in [0.05, 0.1) is 6.10 Å². The molecule has 0 amide bonds. The summed E-state index contributed by atoms with van der Waals surface area (Å²) in [6.07, 6.45) is 9.66. The average Bonchev–Trinajstić information content (AvgIpc) is 2.83. The van der Waals surface area contributed by atoms with Gasteiger partial charge in [0.1, 0.15) is 0 Å². The van der Waals surface area contributed by atoms with Gasteiger partial charge in [-0.15, -0.1) is 0 Å². The lowest BCUT2D eigenvalue weighted by molar-refractivity contribution is 0.0949. The molecule has 2 aliphatic rings. The highest BCUT2D eigenvalue weighted by Crippen LogP contribution is 2.21. The smallest absolute Gasteiger partial charge is 0.0576 e. The molecule has 0 aromatic rings. The van der Waals surface area contributed by atoms with Crippen LogP contribution in [0.3, 0.4) is 0 Å². The lowest BCUT2D eigenvalue weighted by Gasteiger charge is -2.32. The first kappa shape index (κ1) is 13.3. The Kier molecular flexibility index (Phi) is 5.75. The second kappa shape index (κ2) is 7.34. The van der Waals surface area contributed by atoms with E-state index >= 15 is 0 Å². The number of nitrogens with two attached hydrogens (primary N) is 1. The van der Waals surface area contributed by atoms with Crippen molar-refractivity contribution in [3.63, 3.8) is 0 Å². The van der Waals surface area contributed by atoms with Crippen LogP contribution in [0.25, 0.3) is 0 Å². The van der Waals surface area contributed by atoms with E-state index in [9.17, 15) is 0 Å². The summed E-state index contributed by atoms with van der Waals surface area (Å²) >= 11 is 0. The summed E-state index contributed by atoms with van der Waals surface area (Å²) in [7, 11) is 0. The number of likely N-dealkylation sites (tertiary alicyclic amines) is 1. The fraction of sp³-hybridized carbons (Fsp3) is 1.00. The van der Waals surface area contributed by atoms with Crippen molar-refractivity contribution in [2.75, 3.05) is 32.8 Å². The summed E-state index contributed by atoms with van der Waals surface area (Å²) in [4.78, 5) is 2.64. The second-order valence-electron chi connectivity index (χ2n) is 5.66. The number of rotatable bonds is 6. The zero-order valence-electron chi connectivity index (χ0n) is 11.1. The molecular weight excluding hydrogens is 212 g/mol. The maximum absolute atomic E-state index is 5.67. The Labute approximate surface area is 106 Å². The van der Waals surface area contributed by atoms with Crippen LogP contribution >= 0.6 is 0 Å². The third-order valence-corrected chi connectivity index (χ3v) is 4.20. The van der Waals surface area contributed by atoms with Crippen molar-refractivity contribution in [3.05, 3.63) is 0 Å². The Hall–Kier alpha value is -0.120. The van der Waals surface area contributed by atoms with Gasteiger partial charge >= 0.3 is 0 Å². The number of nitrogens with zero attached hydrogens (tertiary/aromatic N) is 1. The molecule has 2 rings (SSSR count). The molecule has 2 saturated heterocycles. The van der Waals surface area contributed by atoms with Gasteiger partial charge in [-0.25, -0.2) is 0 Å². The summed E-state index contributed by atoms with van der Waals surface area (Å²) in [6, 6.07) is 0. The maximum Gasteiger partial charge on any atom is 0.0576 e. The first-order valence-electron chi connectivity index (χ1n) is 7.42. The van der Waals surface area contributed by atoms with Crippen LogP contribution in [0.15, 0.2) is 0 Å². The number of piperidine rings is 1. The van der Waals surface area contributed by atoms with E-state index < -0.39 is 0 Å².